The molecule has 14 heavy (non-hydrogen) atoms. The zero-order chi connectivity index (χ0) is 10.2. The van der Waals surface area contributed by atoms with E-state index in [2.05, 4.69) is 5.32 Å². The minimum Gasteiger partial charge on any atom is -0.387 e. The van der Waals surface area contributed by atoms with Gasteiger partial charge in [-0.15, -0.1) is 0 Å². The number of hydrogen-bond acceptors (Lipinski definition) is 5. The predicted molar refractivity (Wildman–Crippen MR) is 52.5 cm³/mol. The summed E-state index contributed by atoms with van der Waals surface area (Å²) >= 11 is 1.13. The molecule has 0 saturated carbocycles. The zero-order valence-corrected chi connectivity index (χ0v) is 8.21. The molecule has 0 radical (unpaired) electrons. The van der Waals surface area contributed by atoms with E-state index < -0.39 is 10.5 Å². The van der Waals surface area contributed by atoms with E-state index in [9.17, 15) is 15.2 Å². The second kappa shape index (κ2) is 3.30. The molecule has 0 unspecified atom stereocenters. The fourth-order valence-corrected chi connectivity index (χ4v) is 2.38. The van der Waals surface area contributed by atoms with E-state index in [0.717, 1.165) is 16.2 Å². The van der Waals surface area contributed by atoms with E-state index in [0.29, 0.717) is 19.5 Å². The first-order valence-electron chi connectivity index (χ1n) is 4.25. The van der Waals surface area contributed by atoms with Crippen LogP contribution in [0.4, 0.5) is 5.00 Å². The van der Waals surface area contributed by atoms with Gasteiger partial charge in [-0.3, -0.25) is 10.1 Å². The molecule has 2 heterocycles. The third kappa shape index (κ3) is 1.77. The van der Waals surface area contributed by atoms with Crippen LogP contribution in [-0.2, 0) is 6.42 Å². The lowest BCUT2D eigenvalue weighted by molar-refractivity contribution is -0.380. The van der Waals surface area contributed by atoms with Crippen molar-refractivity contribution < 1.29 is 10.0 Å². The predicted octanol–water partition coefficient (Wildman–Crippen LogP) is 0.533. The third-order valence-electron chi connectivity index (χ3n) is 2.24. The summed E-state index contributed by atoms with van der Waals surface area (Å²) in [6.45, 7) is 1.14. The Balaban J connectivity index is 2.06. The van der Waals surface area contributed by atoms with Gasteiger partial charge in [0.05, 0.1) is 10.5 Å². The fourth-order valence-electron chi connectivity index (χ4n) is 1.42. The summed E-state index contributed by atoms with van der Waals surface area (Å²) in [7, 11) is 0. The molecule has 6 heteroatoms. The summed E-state index contributed by atoms with van der Waals surface area (Å²) < 4.78 is 0. The highest BCUT2D eigenvalue weighted by Gasteiger charge is 2.35. The van der Waals surface area contributed by atoms with Crippen molar-refractivity contribution in [1.82, 2.24) is 5.32 Å². The highest BCUT2D eigenvalue weighted by atomic mass is 32.1. The lowest BCUT2D eigenvalue weighted by Crippen LogP contribution is -2.60. The standard InChI is InChI=1S/C8H10N2O3S/c11-8(4-9-5-8)3-6-1-2-7(14-6)10(12)13/h1-2,9,11H,3-5H2. The van der Waals surface area contributed by atoms with Crippen LogP contribution in [0.25, 0.3) is 0 Å². The number of nitro groups is 1. The number of hydrogen-bond donors (Lipinski definition) is 2. The second-order valence-corrected chi connectivity index (χ2v) is 4.65. The van der Waals surface area contributed by atoms with Crippen LogP contribution in [0.1, 0.15) is 4.88 Å². The number of aliphatic hydroxyl groups is 1. The molecule has 0 aliphatic carbocycles. The van der Waals surface area contributed by atoms with Gasteiger partial charge in [-0.2, -0.15) is 0 Å². The van der Waals surface area contributed by atoms with Crippen molar-refractivity contribution >= 4 is 16.3 Å². The van der Waals surface area contributed by atoms with E-state index in [1.54, 1.807) is 6.07 Å². The molecule has 2 N–H and O–H groups in total. The van der Waals surface area contributed by atoms with Crippen molar-refractivity contribution in [2.24, 2.45) is 0 Å². The van der Waals surface area contributed by atoms with Crippen LogP contribution in [-0.4, -0.2) is 28.7 Å². The SMILES string of the molecule is O=[N+]([O-])c1ccc(CC2(O)CNC2)s1. The maximum Gasteiger partial charge on any atom is 0.324 e. The maximum absolute atomic E-state index is 10.4. The molecule has 5 nitrogen and oxygen atoms in total. The Bertz CT molecular complexity index is 359. The van der Waals surface area contributed by atoms with E-state index >= 15 is 0 Å². The van der Waals surface area contributed by atoms with Gasteiger partial charge in [0.1, 0.15) is 0 Å². The summed E-state index contributed by atoms with van der Waals surface area (Å²) in [5, 5.41) is 23.3. The van der Waals surface area contributed by atoms with Crippen LogP contribution >= 0.6 is 11.3 Å². The molecular weight excluding hydrogens is 204 g/mol. The lowest BCUT2D eigenvalue weighted by Gasteiger charge is -2.37. The molecule has 0 amide bonds. The van der Waals surface area contributed by atoms with Crippen molar-refractivity contribution in [3.05, 3.63) is 27.1 Å². The first kappa shape index (κ1) is 9.57. The Morgan fingerprint density at radius 2 is 2.36 bits per heavy atom. The largest absolute Gasteiger partial charge is 0.387 e. The molecule has 1 saturated heterocycles. The van der Waals surface area contributed by atoms with E-state index in [1.165, 1.54) is 6.07 Å². The Kier molecular flexibility index (Phi) is 2.26. The summed E-state index contributed by atoms with van der Waals surface area (Å²) in [5.74, 6) is 0. The van der Waals surface area contributed by atoms with Gasteiger partial charge >= 0.3 is 5.00 Å². The van der Waals surface area contributed by atoms with Gasteiger partial charge in [-0.25, -0.2) is 0 Å². The molecule has 2 rings (SSSR count). The molecule has 76 valence electrons. The maximum atomic E-state index is 10.4. The molecule has 1 aliphatic heterocycles. The molecule has 0 bridgehead atoms. The number of nitrogens with one attached hydrogen (secondary N) is 1. The third-order valence-corrected chi connectivity index (χ3v) is 3.28. The van der Waals surface area contributed by atoms with Crippen molar-refractivity contribution in [1.29, 1.82) is 0 Å². The van der Waals surface area contributed by atoms with Gasteiger partial charge in [0, 0.05) is 30.5 Å². The summed E-state index contributed by atoms with van der Waals surface area (Å²) in [5.41, 5.74) is -0.696. The van der Waals surface area contributed by atoms with Gasteiger partial charge in [0.15, 0.2) is 0 Å². The van der Waals surface area contributed by atoms with Crippen LogP contribution in [0, 0.1) is 10.1 Å². The van der Waals surface area contributed by atoms with Crippen LogP contribution in [0.2, 0.25) is 0 Å². The summed E-state index contributed by atoms with van der Waals surface area (Å²) in [6.07, 6.45) is 0.499. The highest BCUT2D eigenvalue weighted by Crippen LogP contribution is 2.28. The Hall–Kier alpha value is -0.980. The van der Waals surface area contributed by atoms with E-state index in [-0.39, 0.29) is 5.00 Å². The highest BCUT2D eigenvalue weighted by molar-refractivity contribution is 7.15. The zero-order valence-electron chi connectivity index (χ0n) is 7.40. The Morgan fingerprint density at radius 1 is 1.64 bits per heavy atom. The minimum absolute atomic E-state index is 0.135. The topological polar surface area (TPSA) is 75.4 Å². The Labute approximate surface area is 84.5 Å². The molecular formula is C8H10N2O3S. The quantitative estimate of drug-likeness (QED) is 0.568. The average Bonchev–Trinajstić information content (AvgIpc) is 2.50. The van der Waals surface area contributed by atoms with Gasteiger partial charge in [0.2, 0.25) is 0 Å². The van der Waals surface area contributed by atoms with Gasteiger partial charge in [-0.05, 0) is 6.07 Å². The molecule has 0 atom stereocenters. The minimum atomic E-state index is -0.696. The monoisotopic (exact) mass is 214 g/mol. The normalized spacial score (nSPS) is 18.9. The van der Waals surface area contributed by atoms with Crippen molar-refractivity contribution in [2.75, 3.05) is 13.1 Å². The van der Waals surface area contributed by atoms with Crippen LogP contribution in [0.15, 0.2) is 12.1 Å². The average molecular weight is 214 g/mol. The smallest absolute Gasteiger partial charge is 0.324 e. The summed E-state index contributed by atoms with van der Waals surface area (Å²) in [4.78, 5) is 10.9. The molecule has 1 aromatic rings. The summed E-state index contributed by atoms with van der Waals surface area (Å²) in [6, 6.07) is 3.19. The number of rotatable bonds is 3. The van der Waals surface area contributed by atoms with Crippen molar-refractivity contribution in [3.63, 3.8) is 0 Å². The van der Waals surface area contributed by atoms with Crippen molar-refractivity contribution in [2.45, 2.75) is 12.0 Å². The van der Waals surface area contributed by atoms with Crippen LogP contribution in [0.3, 0.4) is 0 Å². The first-order valence-corrected chi connectivity index (χ1v) is 5.07. The molecule has 0 spiro atoms. The number of thiophene rings is 1. The van der Waals surface area contributed by atoms with Gasteiger partial charge in [0.25, 0.3) is 0 Å². The molecule has 1 aromatic heterocycles. The Morgan fingerprint density at radius 3 is 2.79 bits per heavy atom. The molecule has 0 aromatic carbocycles. The molecule has 1 aliphatic rings. The fraction of sp³-hybridized carbons (Fsp3) is 0.500. The second-order valence-electron chi connectivity index (χ2n) is 3.50. The van der Waals surface area contributed by atoms with Crippen molar-refractivity contribution in [3.8, 4) is 0 Å². The van der Waals surface area contributed by atoms with Gasteiger partial charge < -0.3 is 10.4 Å². The van der Waals surface area contributed by atoms with E-state index in [4.69, 9.17) is 0 Å². The molecule has 1 fully saturated rings. The lowest BCUT2D eigenvalue weighted by atomic mass is 9.92. The van der Waals surface area contributed by atoms with Crippen LogP contribution < -0.4 is 5.32 Å². The van der Waals surface area contributed by atoms with E-state index in [1.807, 2.05) is 0 Å². The first-order chi connectivity index (χ1) is 6.59. The number of β-amino-alcohol motifs (C(OH)–C–C–N with tert-alkyl or cyclic N) is 1. The van der Waals surface area contributed by atoms with Gasteiger partial charge in [-0.1, -0.05) is 11.3 Å². The number of nitrogens with zero attached hydrogens (tertiary/aromatic N) is 1. The van der Waals surface area contributed by atoms with Crippen LogP contribution in [0.5, 0.6) is 0 Å².